The molecule has 2 heterocycles. The van der Waals surface area contributed by atoms with Crippen molar-refractivity contribution < 1.29 is 51.7 Å². The highest BCUT2D eigenvalue weighted by atomic mass is 19.4. The van der Waals surface area contributed by atoms with E-state index in [2.05, 4.69) is 10.3 Å². The van der Waals surface area contributed by atoms with E-state index in [-0.39, 0.29) is 30.3 Å². The first-order chi connectivity index (χ1) is 21.7. The number of anilines is 3. The number of nitrogens with one attached hydrogen (secondary N) is 1. The largest absolute Gasteiger partial charge is 0.443 e. The lowest BCUT2D eigenvalue weighted by atomic mass is 10.1. The van der Waals surface area contributed by atoms with E-state index in [4.69, 9.17) is 14.2 Å². The van der Waals surface area contributed by atoms with Gasteiger partial charge in [-0.05, 0) is 95.5 Å². The number of morpholine rings is 1. The normalized spacial score (nSPS) is 16.4. The molecule has 2 aromatic carbocycles. The summed E-state index contributed by atoms with van der Waals surface area (Å²) in [7, 11) is 0. The van der Waals surface area contributed by atoms with Gasteiger partial charge in [0.1, 0.15) is 11.2 Å². The van der Waals surface area contributed by atoms with E-state index >= 15 is 0 Å². The summed E-state index contributed by atoms with van der Waals surface area (Å²) in [5.74, 6) is -1.89. The summed E-state index contributed by atoms with van der Waals surface area (Å²) in [4.78, 5) is 58.5. The van der Waals surface area contributed by atoms with Gasteiger partial charge < -0.3 is 29.5 Å². The summed E-state index contributed by atoms with van der Waals surface area (Å²) in [6, 6.07) is 9.87. The second-order valence-corrected chi connectivity index (χ2v) is 12.6. The third-order valence-corrected chi connectivity index (χ3v) is 6.56. The molecule has 47 heavy (non-hydrogen) atoms. The van der Waals surface area contributed by atoms with Crippen LogP contribution in [0.3, 0.4) is 0 Å². The molecule has 0 radical (unpaired) electrons. The maximum absolute atomic E-state index is 13.2. The monoisotopic (exact) mass is 660 g/mol. The molecule has 12 nitrogen and oxygen atoms in total. The maximum atomic E-state index is 13.2. The summed E-state index contributed by atoms with van der Waals surface area (Å²) in [5, 5.41) is 14.0. The Balaban J connectivity index is 1.55. The number of pyridine rings is 1. The first kappa shape index (κ1) is 35.1. The van der Waals surface area contributed by atoms with Crippen LogP contribution in [-0.4, -0.2) is 70.7 Å². The van der Waals surface area contributed by atoms with E-state index in [9.17, 15) is 37.5 Å². The number of nitrogens with zero attached hydrogens (tertiary/aromatic N) is 3. The molecular formula is C32H35F3N4O8. The highest BCUT2D eigenvalue weighted by Gasteiger charge is 2.40. The number of benzene rings is 2. The number of ether oxygens (including phenoxy) is 3. The molecule has 1 aromatic heterocycles. The lowest BCUT2D eigenvalue weighted by molar-refractivity contribution is -0.150. The van der Waals surface area contributed by atoms with Crippen LogP contribution in [0, 0.1) is 0 Å². The third kappa shape index (κ3) is 8.54. The van der Waals surface area contributed by atoms with Gasteiger partial charge in [-0.15, -0.1) is 0 Å². The smallest absolute Gasteiger partial charge is 0.425 e. The van der Waals surface area contributed by atoms with Gasteiger partial charge in [0.25, 0.3) is 11.8 Å². The van der Waals surface area contributed by atoms with Crippen molar-refractivity contribution >= 4 is 52.0 Å². The van der Waals surface area contributed by atoms with Crippen LogP contribution in [0.25, 0.3) is 10.8 Å². The van der Waals surface area contributed by atoms with Crippen molar-refractivity contribution in [1.29, 1.82) is 0 Å². The first-order valence-corrected chi connectivity index (χ1v) is 14.5. The van der Waals surface area contributed by atoms with Crippen molar-refractivity contribution in [3.05, 3.63) is 60.3 Å². The van der Waals surface area contributed by atoms with Crippen LogP contribution in [-0.2, 0) is 30.0 Å². The maximum Gasteiger partial charge on any atom is 0.425 e. The zero-order valence-electron chi connectivity index (χ0n) is 26.5. The minimum atomic E-state index is -4.55. The van der Waals surface area contributed by atoms with E-state index in [1.54, 1.807) is 47.6 Å². The SMILES string of the molecule is CC(C)(C)OC(=O)N(C(=O)OC(C)(C)C)c1nccc2cc(NC(=O)[C@H](O)[C@H]3OCCN(c4ccc(C(F)(F)F)cc4)C3=O)ccc12. The van der Waals surface area contributed by atoms with Crippen LogP contribution in [0.1, 0.15) is 47.1 Å². The average molecular weight is 661 g/mol. The molecule has 1 aliphatic rings. The first-order valence-electron chi connectivity index (χ1n) is 14.5. The Hall–Kier alpha value is -4.76. The van der Waals surface area contributed by atoms with Gasteiger partial charge in [0.15, 0.2) is 18.0 Å². The second kappa shape index (κ2) is 13.2. The Labute approximate surface area is 268 Å². The number of halogens is 3. The summed E-state index contributed by atoms with van der Waals surface area (Å²) in [6.45, 7) is 9.73. The Morgan fingerprint density at radius 3 is 2.13 bits per heavy atom. The third-order valence-electron chi connectivity index (χ3n) is 6.56. The van der Waals surface area contributed by atoms with Gasteiger partial charge >= 0.3 is 18.4 Å². The van der Waals surface area contributed by atoms with Gasteiger partial charge in [-0.1, -0.05) is 0 Å². The minimum Gasteiger partial charge on any atom is -0.443 e. The number of aliphatic hydroxyl groups is 1. The van der Waals surface area contributed by atoms with Crippen LogP contribution in [0.5, 0.6) is 0 Å². The molecule has 252 valence electrons. The van der Waals surface area contributed by atoms with Crippen molar-refractivity contribution in [3.8, 4) is 0 Å². The lowest BCUT2D eigenvalue weighted by Gasteiger charge is -2.34. The molecule has 0 bridgehead atoms. The molecular weight excluding hydrogens is 625 g/mol. The quantitative estimate of drug-likeness (QED) is 0.354. The molecule has 3 aromatic rings. The summed E-state index contributed by atoms with van der Waals surface area (Å²) in [5.41, 5.74) is -2.45. The number of imide groups is 1. The van der Waals surface area contributed by atoms with Gasteiger partial charge in [-0.3, -0.25) is 9.59 Å². The topological polar surface area (TPSA) is 148 Å². The van der Waals surface area contributed by atoms with Gasteiger partial charge in [-0.2, -0.15) is 18.1 Å². The van der Waals surface area contributed by atoms with Crippen molar-refractivity contribution in [1.82, 2.24) is 4.98 Å². The standard InChI is InChI=1S/C32H35F3N4O8/c1-30(2,3)46-28(43)39(29(44)47-31(4,5)6)25-22-12-9-20(17-18(22)13-14-36-25)37-26(41)23(40)24-27(42)38(15-16-45-24)21-10-7-19(8-11-21)32(33,34)35/h7-14,17,23-24,40H,15-16H2,1-6H3,(H,37,41)/t23-,24-/m1/s1. The van der Waals surface area contributed by atoms with Crippen LogP contribution < -0.4 is 15.1 Å². The van der Waals surface area contributed by atoms with Crippen LogP contribution in [0.2, 0.25) is 0 Å². The number of carbonyl (C=O) groups excluding carboxylic acids is 4. The molecule has 4 rings (SSSR count). The van der Waals surface area contributed by atoms with Crippen molar-refractivity contribution in [2.24, 2.45) is 0 Å². The van der Waals surface area contributed by atoms with E-state index in [0.717, 1.165) is 29.2 Å². The number of aliphatic hydroxyl groups excluding tert-OH is 1. The summed E-state index contributed by atoms with van der Waals surface area (Å²) < 4.78 is 55.2. The number of rotatable bonds is 5. The van der Waals surface area contributed by atoms with Gasteiger partial charge in [0, 0.05) is 29.5 Å². The van der Waals surface area contributed by atoms with Crippen LogP contribution in [0.4, 0.5) is 40.0 Å². The zero-order valence-corrected chi connectivity index (χ0v) is 26.5. The zero-order chi connectivity index (χ0) is 34.9. The Bertz CT molecular complexity index is 1640. The molecule has 4 amide bonds. The fourth-order valence-electron chi connectivity index (χ4n) is 4.55. The summed E-state index contributed by atoms with van der Waals surface area (Å²) >= 11 is 0. The molecule has 1 fully saturated rings. The number of amides is 4. The predicted octanol–water partition coefficient (Wildman–Crippen LogP) is 5.66. The number of hydrogen-bond donors (Lipinski definition) is 2. The van der Waals surface area contributed by atoms with E-state index < -0.39 is 59.2 Å². The highest BCUT2D eigenvalue weighted by Crippen LogP contribution is 2.32. The molecule has 0 saturated carbocycles. The molecule has 1 saturated heterocycles. The Morgan fingerprint density at radius 1 is 0.979 bits per heavy atom. The average Bonchev–Trinajstić information content (AvgIpc) is 2.95. The van der Waals surface area contributed by atoms with E-state index in [0.29, 0.717) is 15.7 Å². The molecule has 0 aliphatic carbocycles. The van der Waals surface area contributed by atoms with Crippen molar-refractivity contribution in [2.75, 3.05) is 28.3 Å². The number of aromatic nitrogens is 1. The number of alkyl halides is 3. The van der Waals surface area contributed by atoms with E-state index in [1.807, 2.05) is 0 Å². The van der Waals surface area contributed by atoms with Gasteiger partial charge in [0.2, 0.25) is 0 Å². The van der Waals surface area contributed by atoms with E-state index in [1.165, 1.54) is 24.4 Å². The summed E-state index contributed by atoms with van der Waals surface area (Å²) in [6.07, 6.45) is -8.85. The lowest BCUT2D eigenvalue weighted by Crippen LogP contribution is -2.55. The number of hydrogen-bond acceptors (Lipinski definition) is 9. The van der Waals surface area contributed by atoms with Gasteiger partial charge in [0.05, 0.1) is 12.2 Å². The fourth-order valence-corrected chi connectivity index (χ4v) is 4.55. The molecule has 0 unspecified atom stereocenters. The van der Waals surface area contributed by atoms with Gasteiger partial charge in [-0.25, -0.2) is 14.6 Å². The van der Waals surface area contributed by atoms with Crippen LogP contribution in [0.15, 0.2) is 54.7 Å². The molecule has 2 N–H and O–H groups in total. The fraction of sp³-hybridized carbons (Fsp3) is 0.406. The Kier molecular flexibility index (Phi) is 9.83. The minimum absolute atomic E-state index is 0.000309. The molecule has 1 aliphatic heterocycles. The highest BCUT2D eigenvalue weighted by molar-refractivity contribution is 6.14. The molecule has 2 atom stereocenters. The van der Waals surface area contributed by atoms with Crippen molar-refractivity contribution in [3.63, 3.8) is 0 Å². The van der Waals surface area contributed by atoms with Crippen molar-refractivity contribution in [2.45, 2.75) is 71.1 Å². The molecule has 15 heteroatoms. The number of carbonyl (C=O) groups is 4. The number of fused-ring (bicyclic) bond motifs is 1. The van der Waals surface area contributed by atoms with Crippen LogP contribution >= 0.6 is 0 Å². The Morgan fingerprint density at radius 2 is 1.57 bits per heavy atom. The predicted molar refractivity (Wildman–Crippen MR) is 165 cm³/mol. The second-order valence-electron chi connectivity index (χ2n) is 12.6. The molecule has 0 spiro atoms.